The lowest BCUT2D eigenvalue weighted by Crippen LogP contribution is -2.33. The van der Waals surface area contributed by atoms with Gasteiger partial charge >= 0.3 is 0 Å². The van der Waals surface area contributed by atoms with Crippen LogP contribution in [0.3, 0.4) is 0 Å². The Hall–Kier alpha value is -0.0800. The van der Waals surface area contributed by atoms with Crippen LogP contribution in [0.1, 0.15) is 39.0 Å². The lowest BCUT2D eigenvalue weighted by Gasteiger charge is -2.26. The number of rotatable bonds is 2. The molecule has 2 aliphatic rings. The van der Waals surface area contributed by atoms with Gasteiger partial charge in [-0.25, -0.2) is 0 Å². The monoisotopic (exact) mass is 155 g/mol. The van der Waals surface area contributed by atoms with Crippen molar-refractivity contribution >= 4 is 0 Å². The minimum atomic E-state index is 0.148. The normalized spacial score (nSPS) is 48.5. The summed E-state index contributed by atoms with van der Waals surface area (Å²) in [5.74, 6) is 0. The maximum Gasteiger partial charge on any atom is 0.0701 e. The Kier molecular flexibility index (Phi) is 1.52. The van der Waals surface area contributed by atoms with Gasteiger partial charge in [0, 0.05) is 12.1 Å². The van der Waals surface area contributed by atoms with Crippen LogP contribution in [0.5, 0.6) is 0 Å². The topological polar surface area (TPSA) is 35.2 Å². The summed E-state index contributed by atoms with van der Waals surface area (Å²) in [6, 6.07) is 0. The molecule has 2 saturated carbocycles. The molecule has 0 radical (unpaired) electrons. The Morgan fingerprint density at radius 3 is 2.27 bits per heavy atom. The highest BCUT2D eigenvalue weighted by Gasteiger charge is 2.52. The molecule has 0 unspecified atom stereocenters. The lowest BCUT2D eigenvalue weighted by molar-refractivity contribution is -0.0303. The third kappa shape index (κ3) is 1.09. The van der Waals surface area contributed by atoms with Gasteiger partial charge in [0.1, 0.15) is 0 Å². The summed E-state index contributed by atoms with van der Waals surface area (Å²) in [6.07, 6.45) is 5.84. The fourth-order valence-electron chi connectivity index (χ4n) is 2.70. The van der Waals surface area contributed by atoms with Gasteiger partial charge in [-0.3, -0.25) is 0 Å². The molecule has 2 fully saturated rings. The Morgan fingerprint density at radius 2 is 1.91 bits per heavy atom. The summed E-state index contributed by atoms with van der Waals surface area (Å²) in [6.45, 7) is 2.92. The maximum absolute atomic E-state index is 6.14. The van der Waals surface area contributed by atoms with Crippen LogP contribution in [0.25, 0.3) is 0 Å². The van der Waals surface area contributed by atoms with Crippen molar-refractivity contribution < 1.29 is 4.74 Å². The summed E-state index contributed by atoms with van der Waals surface area (Å²) in [5.41, 5.74) is 6.48. The third-order valence-corrected chi connectivity index (χ3v) is 3.28. The van der Waals surface area contributed by atoms with E-state index in [2.05, 4.69) is 6.92 Å². The van der Waals surface area contributed by atoms with Gasteiger partial charge in [0.15, 0.2) is 0 Å². The van der Waals surface area contributed by atoms with Gasteiger partial charge in [0.25, 0.3) is 0 Å². The molecular formula is C9H17NO. The van der Waals surface area contributed by atoms with Gasteiger partial charge in [-0.05, 0) is 39.0 Å². The molecule has 0 aromatic heterocycles. The number of nitrogens with two attached hydrogens (primary N) is 1. The molecule has 2 N–H and O–H groups in total. The first-order chi connectivity index (χ1) is 5.18. The van der Waals surface area contributed by atoms with Gasteiger partial charge in [0.05, 0.1) is 5.60 Å². The standard InChI is InChI=1S/C9H17NO/c1-2-11-9-5-3-8(10,7-9)4-6-9/h2-7,10H2,1H3. The first kappa shape index (κ1) is 7.56. The molecular weight excluding hydrogens is 138 g/mol. The van der Waals surface area contributed by atoms with Gasteiger partial charge < -0.3 is 10.5 Å². The zero-order valence-electron chi connectivity index (χ0n) is 7.23. The zero-order valence-corrected chi connectivity index (χ0v) is 7.23. The molecule has 0 aromatic rings. The largest absolute Gasteiger partial charge is 0.375 e. The van der Waals surface area contributed by atoms with E-state index in [0.29, 0.717) is 0 Å². The Bertz CT molecular complexity index is 153. The number of hydrogen-bond acceptors (Lipinski definition) is 2. The quantitative estimate of drug-likeness (QED) is 0.655. The van der Waals surface area contributed by atoms with E-state index >= 15 is 0 Å². The average Bonchev–Trinajstić information content (AvgIpc) is 2.42. The smallest absolute Gasteiger partial charge is 0.0701 e. The second-order valence-corrected chi connectivity index (χ2v) is 4.16. The molecule has 2 bridgehead atoms. The van der Waals surface area contributed by atoms with Gasteiger partial charge in [-0.15, -0.1) is 0 Å². The number of fused-ring (bicyclic) bond motifs is 2. The number of hydrogen-bond donors (Lipinski definition) is 1. The van der Waals surface area contributed by atoms with Gasteiger partial charge in [-0.1, -0.05) is 0 Å². The van der Waals surface area contributed by atoms with Crippen LogP contribution in [0.4, 0.5) is 0 Å². The average molecular weight is 155 g/mol. The van der Waals surface area contributed by atoms with Crippen molar-refractivity contribution in [1.29, 1.82) is 0 Å². The van der Waals surface area contributed by atoms with Crippen LogP contribution in [-0.2, 0) is 4.74 Å². The second kappa shape index (κ2) is 2.20. The van der Waals surface area contributed by atoms with Crippen molar-refractivity contribution in [3.63, 3.8) is 0 Å². The van der Waals surface area contributed by atoms with Crippen LogP contribution in [0, 0.1) is 0 Å². The number of ether oxygens (including phenoxy) is 1. The first-order valence-electron chi connectivity index (χ1n) is 4.61. The molecule has 0 aliphatic heterocycles. The van der Waals surface area contributed by atoms with E-state index in [-0.39, 0.29) is 11.1 Å². The molecule has 64 valence electrons. The molecule has 0 spiro atoms. The first-order valence-corrected chi connectivity index (χ1v) is 4.61. The molecule has 0 saturated heterocycles. The van der Waals surface area contributed by atoms with Gasteiger partial charge in [-0.2, -0.15) is 0 Å². The van der Waals surface area contributed by atoms with Crippen molar-refractivity contribution in [2.75, 3.05) is 6.61 Å². The zero-order chi connectivity index (χ0) is 7.95. The highest BCUT2D eigenvalue weighted by Crippen LogP contribution is 2.51. The van der Waals surface area contributed by atoms with Crippen LogP contribution in [0.2, 0.25) is 0 Å². The molecule has 0 amide bonds. The fourth-order valence-corrected chi connectivity index (χ4v) is 2.70. The van der Waals surface area contributed by atoms with Crippen molar-refractivity contribution in [1.82, 2.24) is 0 Å². The second-order valence-electron chi connectivity index (χ2n) is 4.16. The van der Waals surface area contributed by atoms with Crippen molar-refractivity contribution in [3.05, 3.63) is 0 Å². The van der Waals surface area contributed by atoms with Crippen molar-refractivity contribution in [2.24, 2.45) is 5.73 Å². The SMILES string of the molecule is CCOC12CCC(N)(CC1)C2. The molecule has 11 heavy (non-hydrogen) atoms. The predicted octanol–water partition coefficient (Wildman–Crippen LogP) is 1.44. The summed E-state index contributed by atoms with van der Waals surface area (Å²) >= 11 is 0. The predicted molar refractivity (Wildman–Crippen MR) is 44.4 cm³/mol. The Morgan fingerprint density at radius 1 is 1.27 bits per heavy atom. The molecule has 2 heteroatoms. The van der Waals surface area contributed by atoms with E-state index in [9.17, 15) is 0 Å². The summed E-state index contributed by atoms with van der Waals surface area (Å²) in [5, 5.41) is 0. The van der Waals surface area contributed by atoms with E-state index in [1.165, 1.54) is 25.7 Å². The molecule has 2 rings (SSSR count). The maximum atomic E-state index is 6.14. The van der Waals surface area contributed by atoms with Crippen LogP contribution in [-0.4, -0.2) is 17.7 Å². The summed E-state index contributed by atoms with van der Waals surface area (Å²) in [7, 11) is 0. The molecule has 2 aliphatic carbocycles. The molecule has 0 atom stereocenters. The van der Waals surface area contributed by atoms with E-state index < -0.39 is 0 Å². The van der Waals surface area contributed by atoms with Crippen LogP contribution < -0.4 is 5.73 Å². The Balaban J connectivity index is 2.08. The van der Waals surface area contributed by atoms with E-state index in [0.717, 1.165) is 13.0 Å². The molecule has 0 aromatic carbocycles. The van der Waals surface area contributed by atoms with Crippen molar-refractivity contribution in [3.8, 4) is 0 Å². The third-order valence-electron chi connectivity index (χ3n) is 3.28. The Labute approximate surface area is 68.1 Å². The summed E-state index contributed by atoms with van der Waals surface area (Å²) < 4.78 is 5.77. The molecule has 0 heterocycles. The van der Waals surface area contributed by atoms with Gasteiger partial charge in [0.2, 0.25) is 0 Å². The van der Waals surface area contributed by atoms with Crippen LogP contribution >= 0.6 is 0 Å². The fraction of sp³-hybridized carbons (Fsp3) is 1.00. The van der Waals surface area contributed by atoms with E-state index in [4.69, 9.17) is 10.5 Å². The van der Waals surface area contributed by atoms with Crippen LogP contribution in [0.15, 0.2) is 0 Å². The lowest BCUT2D eigenvalue weighted by atomic mass is 9.94. The highest BCUT2D eigenvalue weighted by molar-refractivity contribution is 5.09. The van der Waals surface area contributed by atoms with Crippen molar-refractivity contribution in [2.45, 2.75) is 50.2 Å². The van der Waals surface area contributed by atoms with E-state index in [1.54, 1.807) is 0 Å². The minimum absolute atomic E-state index is 0.148. The molecule has 2 nitrogen and oxygen atoms in total. The van der Waals surface area contributed by atoms with E-state index in [1.807, 2.05) is 0 Å². The minimum Gasteiger partial charge on any atom is -0.375 e. The summed E-state index contributed by atoms with van der Waals surface area (Å²) in [4.78, 5) is 0. The highest BCUT2D eigenvalue weighted by atomic mass is 16.5.